The quantitative estimate of drug-likeness (QED) is 0.448. The van der Waals surface area contributed by atoms with E-state index in [0.29, 0.717) is 5.92 Å². The minimum Gasteiger partial charge on any atom is -0.289 e. The highest BCUT2D eigenvalue weighted by Gasteiger charge is 1.97. The highest BCUT2D eigenvalue weighted by molar-refractivity contribution is 5.97. The van der Waals surface area contributed by atoms with E-state index in [-0.39, 0.29) is 0 Å². The lowest BCUT2D eigenvalue weighted by molar-refractivity contribution is 0.577. The Kier molecular flexibility index (Phi) is 5.40. The number of nitrogens with zero attached hydrogens (tertiary/aromatic N) is 1. The molecule has 1 atom stereocenters. The largest absolute Gasteiger partial charge is 0.289 e. The van der Waals surface area contributed by atoms with Crippen LogP contribution in [0.3, 0.4) is 0 Å². The lowest BCUT2D eigenvalue weighted by Crippen LogP contribution is -2.01. The van der Waals surface area contributed by atoms with E-state index >= 15 is 0 Å². The first-order chi connectivity index (χ1) is 5.61. The lowest BCUT2D eigenvalue weighted by atomic mass is 10.1. The SMILES string of the molecule is C=C=C(C)C(C)=NCC(C)CC. The summed E-state index contributed by atoms with van der Waals surface area (Å²) in [6.07, 6.45) is 1.19. The molecule has 0 aliphatic rings. The van der Waals surface area contributed by atoms with E-state index < -0.39 is 0 Å². The molecule has 0 rings (SSSR count). The van der Waals surface area contributed by atoms with Gasteiger partial charge in [-0.3, -0.25) is 4.99 Å². The number of aliphatic imine (C=N–C) groups is 1. The summed E-state index contributed by atoms with van der Waals surface area (Å²) in [6, 6.07) is 0. The average molecular weight is 165 g/mol. The Morgan fingerprint density at radius 1 is 1.50 bits per heavy atom. The molecule has 0 heterocycles. The van der Waals surface area contributed by atoms with Crippen molar-refractivity contribution in [3.05, 3.63) is 17.9 Å². The van der Waals surface area contributed by atoms with E-state index in [1.54, 1.807) is 0 Å². The second kappa shape index (κ2) is 5.79. The van der Waals surface area contributed by atoms with Gasteiger partial charge in [-0.05, 0) is 19.8 Å². The Morgan fingerprint density at radius 2 is 2.08 bits per heavy atom. The molecule has 68 valence electrons. The normalized spacial score (nSPS) is 13.8. The minimum atomic E-state index is 0.678. The van der Waals surface area contributed by atoms with Crippen molar-refractivity contribution in [1.29, 1.82) is 0 Å². The maximum atomic E-state index is 4.44. The Labute approximate surface area is 75.9 Å². The lowest BCUT2D eigenvalue weighted by Gasteiger charge is -2.04. The van der Waals surface area contributed by atoms with Crippen LogP contribution >= 0.6 is 0 Å². The summed E-state index contributed by atoms with van der Waals surface area (Å²) < 4.78 is 0. The molecule has 0 radical (unpaired) electrons. The van der Waals surface area contributed by atoms with Crippen molar-refractivity contribution in [3.63, 3.8) is 0 Å². The zero-order valence-corrected chi connectivity index (χ0v) is 8.65. The van der Waals surface area contributed by atoms with Crippen LogP contribution in [-0.2, 0) is 0 Å². The van der Waals surface area contributed by atoms with Gasteiger partial charge in [-0.15, -0.1) is 5.73 Å². The molecular formula is C11H19N. The third kappa shape index (κ3) is 4.15. The van der Waals surface area contributed by atoms with Crippen LogP contribution in [-0.4, -0.2) is 12.3 Å². The van der Waals surface area contributed by atoms with E-state index in [1.807, 2.05) is 13.8 Å². The maximum Gasteiger partial charge on any atom is 0.0423 e. The average Bonchev–Trinajstić information content (AvgIpc) is 2.11. The van der Waals surface area contributed by atoms with Crippen LogP contribution in [0.15, 0.2) is 22.9 Å². The third-order valence-corrected chi connectivity index (χ3v) is 2.14. The number of hydrogen-bond donors (Lipinski definition) is 0. The summed E-state index contributed by atoms with van der Waals surface area (Å²) in [6.45, 7) is 12.9. The molecule has 0 saturated carbocycles. The van der Waals surface area contributed by atoms with Crippen molar-refractivity contribution in [2.24, 2.45) is 10.9 Å². The molecule has 1 nitrogen and oxygen atoms in total. The molecule has 0 fully saturated rings. The van der Waals surface area contributed by atoms with Crippen LogP contribution in [0.2, 0.25) is 0 Å². The molecular weight excluding hydrogens is 146 g/mol. The monoisotopic (exact) mass is 165 g/mol. The summed E-state index contributed by atoms with van der Waals surface area (Å²) in [4.78, 5) is 4.44. The summed E-state index contributed by atoms with van der Waals surface area (Å²) in [7, 11) is 0. The predicted molar refractivity (Wildman–Crippen MR) is 55.8 cm³/mol. The first-order valence-electron chi connectivity index (χ1n) is 4.49. The summed E-state index contributed by atoms with van der Waals surface area (Å²) in [5.74, 6) is 0.678. The van der Waals surface area contributed by atoms with E-state index in [2.05, 4.69) is 31.2 Å². The first-order valence-corrected chi connectivity index (χ1v) is 4.49. The fourth-order valence-corrected chi connectivity index (χ4v) is 0.668. The Bertz CT molecular complexity index is 207. The Morgan fingerprint density at radius 3 is 2.50 bits per heavy atom. The molecule has 0 aromatic carbocycles. The van der Waals surface area contributed by atoms with Crippen LogP contribution in [0.5, 0.6) is 0 Å². The molecule has 1 heteroatoms. The zero-order valence-electron chi connectivity index (χ0n) is 8.65. The van der Waals surface area contributed by atoms with Gasteiger partial charge in [0, 0.05) is 17.8 Å². The molecule has 1 unspecified atom stereocenters. The maximum absolute atomic E-state index is 4.44. The van der Waals surface area contributed by atoms with Crippen molar-refractivity contribution in [2.45, 2.75) is 34.1 Å². The number of hydrogen-bond acceptors (Lipinski definition) is 1. The van der Waals surface area contributed by atoms with E-state index in [1.165, 1.54) is 6.42 Å². The Hall–Kier alpha value is -0.810. The molecule has 0 aliphatic heterocycles. The van der Waals surface area contributed by atoms with Crippen LogP contribution in [0, 0.1) is 5.92 Å². The van der Waals surface area contributed by atoms with E-state index in [0.717, 1.165) is 17.8 Å². The van der Waals surface area contributed by atoms with Crippen molar-refractivity contribution in [3.8, 4) is 0 Å². The van der Waals surface area contributed by atoms with Crippen molar-refractivity contribution >= 4 is 5.71 Å². The molecule has 0 saturated heterocycles. The summed E-state index contributed by atoms with van der Waals surface area (Å²) in [5, 5.41) is 0. The van der Waals surface area contributed by atoms with Gasteiger partial charge in [0.15, 0.2) is 0 Å². The van der Waals surface area contributed by atoms with Crippen LogP contribution < -0.4 is 0 Å². The van der Waals surface area contributed by atoms with Crippen molar-refractivity contribution in [1.82, 2.24) is 0 Å². The van der Waals surface area contributed by atoms with Crippen molar-refractivity contribution in [2.75, 3.05) is 6.54 Å². The molecule has 0 spiro atoms. The van der Waals surface area contributed by atoms with E-state index in [4.69, 9.17) is 0 Å². The van der Waals surface area contributed by atoms with Crippen LogP contribution in [0.4, 0.5) is 0 Å². The zero-order chi connectivity index (χ0) is 9.56. The summed E-state index contributed by atoms with van der Waals surface area (Å²) >= 11 is 0. The fraction of sp³-hybridized carbons (Fsp3) is 0.636. The highest BCUT2D eigenvalue weighted by Crippen LogP contribution is 2.02. The molecule has 0 aliphatic carbocycles. The van der Waals surface area contributed by atoms with Crippen LogP contribution in [0.25, 0.3) is 0 Å². The van der Waals surface area contributed by atoms with Gasteiger partial charge in [-0.25, -0.2) is 0 Å². The van der Waals surface area contributed by atoms with Gasteiger partial charge in [0.1, 0.15) is 0 Å². The molecule has 0 aromatic heterocycles. The predicted octanol–water partition coefficient (Wildman–Crippen LogP) is 3.22. The fourth-order valence-electron chi connectivity index (χ4n) is 0.668. The number of allylic oxidation sites excluding steroid dienone is 1. The molecule has 0 amide bonds. The standard InChI is InChI=1S/C11H19N/c1-6-9(3)8-12-11(5)10(4)7-2/h9H,2,6,8H2,1,3-5H3. The van der Waals surface area contributed by atoms with Crippen molar-refractivity contribution < 1.29 is 0 Å². The van der Waals surface area contributed by atoms with Gasteiger partial charge in [0.25, 0.3) is 0 Å². The van der Waals surface area contributed by atoms with Gasteiger partial charge in [-0.1, -0.05) is 26.8 Å². The minimum absolute atomic E-state index is 0.678. The smallest absolute Gasteiger partial charge is 0.0423 e. The third-order valence-electron chi connectivity index (χ3n) is 2.14. The van der Waals surface area contributed by atoms with Crippen LogP contribution in [0.1, 0.15) is 34.1 Å². The van der Waals surface area contributed by atoms with Gasteiger partial charge < -0.3 is 0 Å². The molecule has 0 bridgehead atoms. The first kappa shape index (κ1) is 11.2. The van der Waals surface area contributed by atoms with Gasteiger partial charge >= 0.3 is 0 Å². The van der Waals surface area contributed by atoms with Gasteiger partial charge in [-0.2, -0.15) is 0 Å². The van der Waals surface area contributed by atoms with Gasteiger partial charge in [0.05, 0.1) is 0 Å². The second-order valence-corrected chi connectivity index (χ2v) is 3.24. The van der Waals surface area contributed by atoms with Gasteiger partial charge in [0.2, 0.25) is 0 Å². The molecule has 12 heavy (non-hydrogen) atoms. The van der Waals surface area contributed by atoms with E-state index in [9.17, 15) is 0 Å². The highest BCUT2D eigenvalue weighted by atomic mass is 14.7. The topological polar surface area (TPSA) is 12.4 Å². The molecule has 0 N–H and O–H groups in total. The number of rotatable bonds is 4. The Balaban J connectivity index is 4.10. The second-order valence-electron chi connectivity index (χ2n) is 3.24. The molecule has 0 aromatic rings. The summed E-state index contributed by atoms with van der Waals surface area (Å²) in [5.41, 5.74) is 4.96.